The van der Waals surface area contributed by atoms with E-state index in [1.54, 1.807) is 0 Å². The number of esters is 1. The number of hydrogen-bond donors (Lipinski definition) is 0. The Morgan fingerprint density at radius 2 is 1.81 bits per heavy atom. The molecule has 0 aliphatic heterocycles. The molecule has 0 aromatic heterocycles. The standard InChI is InChI=1S/C22H36O4Si/c1-13(23)25-18-16-15(12-21(18,5)6)14-10-11-22(16,7)19(17(14)24)26-27(8,9)20(2,3)4/h10-11,14-16,18-19H,12H2,1-9H3/t14-,15+,16-,18-,19-,22+/m0/s1. The van der Waals surface area contributed by atoms with E-state index < -0.39 is 19.8 Å². The highest BCUT2D eigenvalue weighted by Gasteiger charge is 2.67. The van der Waals surface area contributed by atoms with Crippen molar-refractivity contribution in [2.24, 2.45) is 28.6 Å². The van der Waals surface area contributed by atoms with E-state index >= 15 is 0 Å². The van der Waals surface area contributed by atoms with E-state index in [2.05, 4.69) is 66.8 Å². The zero-order valence-corrected chi connectivity index (χ0v) is 19.4. The van der Waals surface area contributed by atoms with Gasteiger partial charge in [-0.25, -0.2) is 0 Å². The Balaban J connectivity index is 2.03. The van der Waals surface area contributed by atoms with E-state index in [1.807, 2.05) is 0 Å². The molecule has 0 amide bonds. The van der Waals surface area contributed by atoms with Gasteiger partial charge in [0.2, 0.25) is 0 Å². The zero-order chi connectivity index (χ0) is 20.6. The topological polar surface area (TPSA) is 52.6 Å². The highest BCUT2D eigenvalue weighted by molar-refractivity contribution is 6.74. The Labute approximate surface area is 165 Å². The average Bonchev–Trinajstić information content (AvgIpc) is 2.74. The number of Topliss-reactive ketones (excluding diaryl/α,β-unsaturated/α-hetero) is 1. The lowest BCUT2D eigenvalue weighted by molar-refractivity contribution is -0.167. The first kappa shape index (κ1) is 20.8. The van der Waals surface area contributed by atoms with Gasteiger partial charge in [0.05, 0.1) is 0 Å². The minimum atomic E-state index is -2.11. The van der Waals surface area contributed by atoms with Crippen molar-refractivity contribution in [1.29, 1.82) is 0 Å². The summed E-state index contributed by atoms with van der Waals surface area (Å²) in [5.74, 6) is 0.220. The van der Waals surface area contributed by atoms with Gasteiger partial charge in [0.15, 0.2) is 14.1 Å². The summed E-state index contributed by atoms with van der Waals surface area (Å²) in [5.41, 5.74) is -0.571. The molecular formula is C22H36O4Si. The maximum atomic E-state index is 13.4. The molecule has 0 spiro atoms. The molecule has 4 aliphatic rings. The summed E-state index contributed by atoms with van der Waals surface area (Å²) in [5, 5.41) is 0.0354. The van der Waals surface area contributed by atoms with Crippen molar-refractivity contribution in [3.05, 3.63) is 12.2 Å². The number of allylic oxidation sites excluding steroid dienone is 1. The minimum absolute atomic E-state index is 0.0354. The summed E-state index contributed by atoms with van der Waals surface area (Å²) < 4.78 is 12.6. The van der Waals surface area contributed by atoms with E-state index in [4.69, 9.17) is 9.16 Å². The molecule has 0 N–H and O–H groups in total. The van der Waals surface area contributed by atoms with Crippen LogP contribution in [0.4, 0.5) is 0 Å². The van der Waals surface area contributed by atoms with Gasteiger partial charge in [-0.3, -0.25) is 9.59 Å². The maximum absolute atomic E-state index is 13.4. The lowest BCUT2D eigenvalue weighted by Gasteiger charge is -2.55. The molecule has 0 aromatic rings. The molecular weight excluding hydrogens is 356 g/mol. The lowest BCUT2D eigenvalue weighted by atomic mass is 9.53. The monoisotopic (exact) mass is 392 g/mol. The number of ketones is 1. The van der Waals surface area contributed by atoms with Crippen LogP contribution >= 0.6 is 0 Å². The summed E-state index contributed by atoms with van der Waals surface area (Å²) in [6.07, 6.45) is 4.56. The van der Waals surface area contributed by atoms with E-state index in [0.717, 1.165) is 6.42 Å². The Hall–Kier alpha value is -0.943. The third kappa shape index (κ3) is 3.05. The molecule has 0 aromatic carbocycles. The number of fused-ring (bicyclic) bond motifs is 1. The van der Waals surface area contributed by atoms with E-state index in [9.17, 15) is 9.59 Å². The van der Waals surface area contributed by atoms with Crippen LogP contribution in [0.2, 0.25) is 18.1 Å². The minimum Gasteiger partial charge on any atom is -0.462 e. The van der Waals surface area contributed by atoms with E-state index in [-0.39, 0.29) is 46.1 Å². The van der Waals surface area contributed by atoms with Gasteiger partial charge in [-0.1, -0.05) is 53.7 Å². The SMILES string of the molecule is CC(=O)O[C@H]1[C@@H]2[C@H](CC1(C)C)[C@@H]1C=C[C@@]2(C)[C@@H](O[Si](C)(C)C(C)(C)C)C1=O. The number of carbonyl (C=O) groups is 2. The summed E-state index contributed by atoms with van der Waals surface area (Å²) in [6.45, 7) is 19.0. The third-order valence-corrected chi connectivity index (χ3v) is 12.3. The van der Waals surface area contributed by atoms with Crippen molar-refractivity contribution >= 4 is 20.1 Å². The second-order valence-corrected chi connectivity index (χ2v) is 16.1. The molecule has 2 bridgehead atoms. The summed E-state index contributed by atoms with van der Waals surface area (Å²) in [6, 6.07) is 0. The fourth-order valence-electron chi connectivity index (χ4n) is 5.38. The van der Waals surface area contributed by atoms with Crippen LogP contribution in [-0.2, 0) is 18.8 Å². The molecule has 2 saturated carbocycles. The van der Waals surface area contributed by atoms with Crippen LogP contribution in [0.1, 0.15) is 54.9 Å². The summed E-state index contributed by atoms with van der Waals surface area (Å²) in [4.78, 5) is 25.3. The predicted octanol–water partition coefficient (Wildman–Crippen LogP) is 4.75. The molecule has 6 atom stereocenters. The quantitative estimate of drug-likeness (QED) is 0.395. The lowest BCUT2D eigenvalue weighted by Crippen LogP contribution is -2.63. The first-order valence-corrected chi connectivity index (χ1v) is 13.1. The molecule has 27 heavy (non-hydrogen) atoms. The first-order chi connectivity index (χ1) is 12.1. The van der Waals surface area contributed by atoms with Crippen LogP contribution in [0.25, 0.3) is 0 Å². The number of hydrogen-bond acceptors (Lipinski definition) is 4. The van der Waals surface area contributed by atoms with Crippen molar-refractivity contribution in [3.8, 4) is 0 Å². The molecule has 152 valence electrons. The normalized spacial score (nSPS) is 40.2. The van der Waals surface area contributed by atoms with Crippen LogP contribution in [0, 0.1) is 28.6 Å². The van der Waals surface area contributed by atoms with Gasteiger partial charge in [-0.05, 0) is 30.5 Å². The van der Waals surface area contributed by atoms with Crippen molar-refractivity contribution in [2.75, 3.05) is 0 Å². The molecule has 0 radical (unpaired) electrons. The van der Waals surface area contributed by atoms with Crippen molar-refractivity contribution in [2.45, 2.75) is 85.2 Å². The Morgan fingerprint density at radius 1 is 1.22 bits per heavy atom. The number of carbonyl (C=O) groups excluding carboxylic acids is 2. The van der Waals surface area contributed by atoms with Crippen molar-refractivity contribution in [3.63, 3.8) is 0 Å². The van der Waals surface area contributed by atoms with Crippen LogP contribution in [-0.4, -0.2) is 32.3 Å². The summed E-state index contributed by atoms with van der Waals surface area (Å²) >= 11 is 0. The molecule has 0 saturated heterocycles. The Morgan fingerprint density at radius 3 is 2.33 bits per heavy atom. The van der Waals surface area contributed by atoms with Crippen LogP contribution in [0.3, 0.4) is 0 Å². The van der Waals surface area contributed by atoms with E-state index in [0.29, 0.717) is 0 Å². The first-order valence-electron chi connectivity index (χ1n) is 10.2. The summed E-state index contributed by atoms with van der Waals surface area (Å²) in [7, 11) is -2.11. The fourth-order valence-corrected chi connectivity index (χ4v) is 6.69. The number of ether oxygens (including phenoxy) is 1. The van der Waals surface area contributed by atoms with Crippen LogP contribution in [0.15, 0.2) is 12.2 Å². The van der Waals surface area contributed by atoms with Gasteiger partial charge in [-0.2, -0.15) is 0 Å². The second-order valence-electron chi connectivity index (χ2n) is 11.3. The smallest absolute Gasteiger partial charge is 0.302 e. The second kappa shape index (κ2) is 6.03. The molecule has 2 fully saturated rings. The van der Waals surface area contributed by atoms with Gasteiger partial charge in [0, 0.05) is 29.6 Å². The van der Waals surface area contributed by atoms with Crippen molar-refractivity contribution < 1.29 is 18.8 Å². The van der Waals surface area contributed by atoms with E-state index in [1.165, 1.54) is 6.92 Å². The largest absolute Gasteiger partial charge is 0.462 e. The molecule has 4 rings (SSSR count). The van der Waals surface area contributed by atoms with Crippen LogP contribution < -0.4 is 0 Å². The Kier molecular flexibility index (Phi) is 4.64. The predicted molar refractivity (Wildman–Crippen MR) is 109 cm³/mol. The van der Waals surface area contributed by atoms with Gasteiger partial charge >= 0.3 is 5.97 Å². The molecule has 0 heterocycles. The van der Waals surface area contributed by atoms with Gasteiger partial charge in [-0.15, -0.1) is 0 Å². The van der Waals surface area contributed by atoms with Gasteiger partial charge < -0.3 is 9.16 Å². The molecule has 4 aliphatic carbocycles. The highest BCUT2D eigenvalue weighted by Crippen LogP contribution is 2.64. The molecule has 5 heteroatoms. The fraction of sp³-hybridized carbons (Fsp3) is 0.818. The molecule has 4 nitrogen and oxygen atoms in total. The van der Waals surface area contributed by atoms with Gasteiger partial charge in [0.1, 0.15) is 12.2 Å². The Bertz CT molecular complexity index is 687. The number of rotatable bonds is 3. The zero-order valence-electron chi connectivity index (χ0n) is 18.4. The third-order valence-electron chi connectivity index (χ3n) is 7.83. The van der Waals surface area contributed by atoms with Gasteiger partial charge in [0.25, 0.3) is 0 Å². The average molecular weight is 393 g/mol. The maximum Gasteiger partial charge on any atom is 0.302 e. The highest BCUT2D eigenvalue weighted by atomic mass is 28.4. The van der Waals surface area contributed by atoms with Crippen LogP contribution in [0.5, 0.6) is 0 Å². The van der Waals surface area contributed by atoms with Crippen molar-refractivity contribution in [1.82, 2.24) is 0 Å². The molecule has 0 unspecified atom stereocenters.